The number of hydrogen-bond donors (Lipinski definition) is 1. The third kappa shape index (κ3) is 2.44. The van der Waals surface area contributed by atoms with Crippen LogP contribution in [-0.4, -0.2) is 24.2 Å². The second kappa shape index (κ2) is 5.13. The zero-order valence-corrected chi connectivity index (χ0v) is 12.7. The van der Waals surface area contributed by atoms with Crippen molar-refractivity contribution in [1.82, 2.24) is 9.97 Å². The molecule has 0 bridgehead atoms. The van der Waals surface area contributed by atoms with Crippen molar-refractivity contribution in [3.63, 3.8) is 0 Å². The molecule has 108 valence electrons. The van der Waals surface area contributed by atoms with Crippen LogP contribution in [-0.2, 0) is 0 Å². The van der Waals surface area contributed by atoms with Crippen LogP contribution in [0.5, 0.6) is 11.5 Å². The van der Waals surface area contributed by atoms with Crippen LogP contribution in [0, 0.1) is 13.8 Å². The van der Waals surface area contributed by atoms with Gasteiger partial charge >= 0.3 is 0 Å². The molecule has 2 aromatic carbocycles. The van der Waals surface area contributed by atoms with Crippen LogP contribution in [0.2, 0.25) is 0 Å². The minimum atomic E-state index is 0.684. The van der Waals surface area contributed by atoms with Crippen LogP contribution in [0.15, 0.2) is 30.3 Å². The highest BCUT2D eigenvalue weighted by molar-refractivity contribution is 5.83. The molecule has 0 saturated carbocycles. The van der Waals surface area contributed by atoms with Gasteiger partial charge in [-0.3, -0.25) is 0 Å². The number of nitrogens with zero attached hydrogens (tertiary/aromatic N) is 1. The second-order valence-electron chi connectivity index (χ2n) is 5.19. The number of aryl methyl sites for hydroxylation is 2. The zero-order valence-electron chi connectivity index (χ0n) is 12.7. The summed E-state index contributed by atoms with van der Waals surface area (Å²) in [6, 6.07) is 10.2. The molecule has 4 nitrogen and oxygen atoms in total. The first-order valence-electron chi connectivity index (χ1n) is 6.81. The van der Waals surface area contributed by atoms with Gasteiger partial charge in [-0.1, -0.05) is 17.2 Å². The number of methoxy groups -OCH3 is 2. The largest absolute Gasteiger partial charge is 0.493 e. The van der Waals surface area contributed by atoms with E-state index in [0.717, 1.165) is 22.4 Å². The van der Waals surface area contributed by atoms with E-state index in [-0.39, 0.29) is 0 Å². The van der Waals surface area contributed by atoms with Gasteiger partial charge in [0.15, 0.2) is 11.5 Å². The van der Waals surface area contributed by atoms with Crippen molar-refractivity contribution in [3.05, 3.63) is 41.5 Å². The third-order valence-corrected chi connectivity index (χ3v) is 3.48. The molecule has 21 heavy (non-hydrogen) atoms. The molecule has 4 heteroatoms. The summed E-state index contributed by atoms with van der Waals surface area (Å²) in [6.07, 6.45) is 0. The van der Waals surface area contributed by atoms with E-state index in [1.165, 1.54) is 11.1 Å². The molecular weight excluding hydrogens is 264 g/mol. The maximum Gasteiger partial charge on any atom is 0.163 e. The lowest BCUT2D eigenvalue weighted by Gasteiger charge is -2.06. The van der Waals surface area contributed by atoms with Crippen molar-refractivity contribution in [2.75, 3.05) is 14.2 Å². The molecule has 3 aromatic rings. The van der Waals surface area contributed by atoms with Gasteiger partial charge in [0.2, 0.25) is 0 Å². The number of benzene rings is 2. The minimum Gasteiger partial charge on any atom is -0.493 e. The Morgan fingerprint density at radius 2 is 1.48 bits per heavy atom. The van der Waals surface area contributed by atoms with Gasteiger partial charge in [-0.15, -0.1) is 0 Å². The Bertz CT molecular complexity index is 745. The average molecular weight is 282 g/mol. The minimum absolute atomic E-state index is 0.684. The van der Waals surface area contributed by atoms with Gasteiger partial charge in [0.25, 0.3) is 0 Å². The summed E-state index contributed by atoms with van der Waals surface area (Å²) in [6.45, 7) is 4.18. The van der Waals surface area contributed by atoms with E-state index in [1.807, 2.05) is 12.1 Å². The molecule has 0 aliphatic carbocycles. The Labute approximate surface area is 123 Å². The van der Waals surface area contributed by atoms with Crippen molar-refractivity contribution in [3.8, 4) is 22.9 Å². The molecule has 0 fully saturated rings. The summed E-state index contributed by atoms with van der Waals surface area (Å²) in [7, 11) is 3.26. The third-order valence-electron chi connectivity index (χ3n) is 3.48. The number of nitrogens with one attached hydrogen (secondary N) is 1. The van der Waals surface area contributed by atoms with E-state index in [0.29, 0.717) is 11.5 Å². The molecule has 3 rings (SSSR count). The van der Waals surface area contributed by atoms with Gasteiger partial charge < -0.3 is 14.5 Å². The molecule has 0 amide bonds. The van der Waals surface area contributed by atoms with E-state index in [1.54, 1.807) is 14.2 Å². The fourth-order valence-corrected chi connectivity index (χ4v) is 2.58. The summed E-state index contributed by atoms with van der Waals surface area (Å²) in [5.74, 6) is 2.23. The molecule has 0 spiro atoms. The predicted molar refractivity (Wildman–Crippen MR) is 84.1 cm³/mol. The first-order chi connectivity index (χ1) is 10.1. The van der Waals surface area contributed by atoms with Gasteiger partial charge in [0, 0.05) is 17.7 Å². The lowest BCUT2D eigenvalue weighted by molar-refractivity contribution is 0.356. The Hall–Kier alpha value is -2.49. The number of imidazole rings is 1. The molecule has 0 aliphatic rings. The molecule has 0 atom stereocenters. The number of hydrogen-bond acceptors (Lipinski definition) is 3. The van der Waals surface area contributed by atoms with E-state index in [4.69, 9.17) is 9.47 Å². The van der Waals surface area contributed by atoms with Crippen LogP contribution in [0.1, 0.15) is 11.1 Å². The quantitative estimate of drug-likeness (QED) is 0.793. The molecule has 0 aliphatic heterocycles. The van der Waals surface area contributed by atoms with Gasteiger partial charge in [-0.2, -0.15) is 0 Å². The Balaban J connectivity index is 2.16. The molecule has 0 unspecified atom stereocenters. The van der Waals surface area contributed by atoms with Crippen molar-refractivity contribution in [1.29, 1.82) is 0 Å². The zero-order chi connectivity index (χ0) is 15.0. The average Bonchev–Trinajstić information content (AvgIpc) is 2.87. The summed E-state index contributed by atoms with van der Waals surface area (Å²) in [5, 5.41) is 0. The first kappa shape index (κ1) is 13.5. The molecule has 0 radical (unpaired) electrons. The van der Waals surface area contributed by atoms with E-state index in [9.17, 15) is 0 Å². The van der Waals surface area contributed by atoms with E-state index >= 15 is 0 Å². The van der Waals surface area contributed by atoms with Crippen molar-refractivity contribution < 1.29 is 9.47 Å². The molecule has 0 saturated heterocycles. The summed E-state index contributed by atoms with van der Waals surface area (Å²) in [4.78, 5) is 8.00. The lowest BCUT2D eigenvalue weighted by Crippen LogP contribution is -1.89. The maximum atomic E-state index is 5.32. The normalized spacial score (nSPS) is 10.9. The number of aromatic amines is 1. The van der Waals surface area contributed by atoms with Gasteiger partial charge in [0.1, 0.15) is 5.82 Å². The fraction of sp³-hybridized carbons (Fsp3) is 0.235. The van der Waals surface area contributed by atoms with Gasteiger partial charge in [-0.25, -0.2) is 4.98 Å². The summed E-state index contributed by atoms with van der Waals surface area (Å²) < 4.78 is 10.6. The monoisotopic (exact) mass is 282 g/mol. The van der Waals surface area contributed by atoms with Gasteiger partial charge in [-0.05, 0) is 26.0 Å². The highest BCUT2D eigenvalue weighted by Gasteiger charge is 2.11. The standard InChI is InChI=1S/C17H18N2O2/c1-10-5-11(2)7-12(6-10)17-18-13-8-15(20-3)16(21-4)9-14(13)19-17/h5-9H,1-4H3,(H,18,19). The Morgan fingerprint density at radius 1 is 0.857 bits per heavy atom. The molecule has 1 heterocycles. The van der Waals surface area contributed by atoms with Crippen LogP contribution in [0.4, 0.5) is 0 Å². The van der Waals surface area contributed by atoms with Crippen LogP contribution in [0.3, 0.4) is 0 Å². The van der Waals surface area contributed by atoms with Crippen LogP contribution < -0.4 is 9.47 Å². The van der Waals surface area contributed by atoms with E-state index in [2.05, 4.69) is 42.0 Å². The van der Waals surface area contributed by atoms with Crippen molar-refractivity contribution in [2.45, 2.75) is 13.8 Å². The van der Waals surface area contributed by atoms with Crippen molar-refractivity contribution >= 4 is 11.0 Å². The van der Waals surface area contributed by atoms with Crippen LogP contribution >= 0.6 is 0 Å². The van der Waals surface area contributed by atoms with E-state index < -0.39 is 0 Å². The van der Waals surface area contributed by atoms with Crippen LogP contribution in [0.25, 0.3) is 22.4 Å². The number of ether oxygens (including phenoxy) is 2. The number of H-pyrrole nitrogens is 1. The summed E-state index contributed by atoms with van der Waals surface area (Å²) in [5.41, 5.74) is 5.33. The molecule has 1 N–H and O–H groups in total. The fourth-order valence-electron chi connectivity index (χ4n) is 2.58. The number of aromatic nitrogens is 2. The lowest BCUT2D eigenvalue weighted by atomic mass is 10.1. The highest BCUT2D eigenvalue weighted by Crippen LogP contribution is 2.32. The van der Waals surface area contributed by atoms with Crippen molar-refractivity contribution in [2.24, 2.45) is 0 Å². The second-order valence-corrected chi connectivity index (χ2v) is 5.19. The molecule has 1 aromatic heterocycles. The Morgan fingerprint density at radius 3 is 2.10 bits per heavy atom. The topological polar surface area (TPSA) is 47.1 Å². The number of fused-ring (bicyclic) bond motifs is 1. The van der Waals surface area contributed by atoms with Gasteiger partial charge in [0.05, 0.1) is 25.3 Å². The number of rotatable bonds is 3. The predicted octanol–water partition coefficient (Wildman–Crippen LogP) is 3.86. The SMILES string of the molecule is COc1cc2nc(-c3cc(C)cc(C)c3)[nH]c2cc1OC. The Kier molecular flexibility index (Phi) is 3.29. The highest BCUT2D eigenvalue weighted by atomic mass is 16.5. The summed E-state index contributed by atoms with van der Waals surface area (Å²) >= 11 is 0. The smallest absolute Gasteiger partial charge is 0.163 e. The molecular formula is C17H18N2O2. The first-order valence-corrected chi connectivity index (χ1v) is 6.81. The maximum absolute atomic E-state index is 5.32.